The normalized spacial score (nSPS) is 11.4. The molecule has 0 saturated heterocycles. The fraction of sp³-hybridized carbons (Fsp3) is 0.333. The standard InChI is InChI=1S/C9H8ClF3N2O2/c1-15(17-2)8(16)5-3-6(10)7(14-4-5)9(11,12)13/h3-4H,1-2H3. The van der Waals surface area contributed by atoms with Crippen LogP contribution in [0.4, 0.5) is 13.2 Å². The van der Waals surface area contributed by atoms with Gasteiger partial charge in [0.15, 0.2) is 5.69 Å². The number of alkyl halides is 3. The number of carbonyl (C=O) groups is 1. The van der Waals surface area contributed by atoms with Gasteiger partial charge >= 0.3 is 6.18 Å². The molecule has 0 aromatic carbocycles. The minimum Gasteiger partial charge on any atom is -0.274 e. The van der Waals surface area contributed by atoms with E-state index in [2.05, 4.69) is 9.82 Å². The van der Waals surface area contributed by atoms with Crippen molar-refractivity contribution >= 4 is 17.5 Å². The first-order chi connectivity index (χ1) is 7.77. The second-order valence-corrected chi connectivity index (χ2v) is 3.44. The van der Waals surface area contributed by atoms with Gasteiger partial charge < -0.3 is 0 Å². The summed E-state index contributed by atoms with van der Waals surface area (Å²) >= 11 is 5.41. The first kappa shape index (κ1) is 13.7. The van der Waals surface area contributed by atoms with Crippen molar-refractivity contribution in [3.63, 3.8) is 0 Å². The molecule has 8 heteroatoms. The van der Waals surface area contributed by atoms with E-state index in [9.17, 15) is 18.0 Å². The minimum atomic E-state index is -4.65. The summed E-state index contributed by atoms with van der Waals surface area (Å²) in [6, 6.07) is 0.898. The van der Waals surface area contributed by atoms with Crippen molar-refractivity contribution in [2.24, 2.45) is 0 Å². The summed E-state index contributed by atoms with van der Waals surface area (Å²) in [5.74, 6) is -0.643. The summed E-state index contributed by atoms with van der Waals surface area (Å²) in [7, 11) is 2.56. The molecule has 0 aliphatic carbocycles. The van der Waals surface area contributed by atoms with E-state index in [0.29, 0.717) is 0 Å². The highest BCUT2D eigenvalue weighted by atomic mass is 35.5. The molecule has 0 saturated carbocycles. The third-order valence-electron chi connectivity index (χ3n) is 1.92. The Balaban J connectivity index is 3.09. The molecule has 0 aliphatic heterocycles. The number of halogens is 4. The monoisotopic (exact) mass is 268 g/mol. The average Bonchev–Trinajstić information content (AvgIpc) is 2.25. The Labute approximate surface area is 99.9 Å². The van der Waals surface area contributed by atoms with Crippen LogP contribution in [0.2, 0.25) is 5.02 Å². The molecule has 0 unspecified atom stereocenters. The van der Waals surface area contributed by atoms with Crippen LogP contribution in [-0.2, 0) is 11.0 Å². The van der Waals surface area contributed by atoms with E-state index in [0.717, 1.165) is 17.3 Å². The summed E-state index contributed by atoms with van der Waals surface area (Å²) in [5.41, 5.74) is -1.32. The molecule has 0 aliphatic rings. The fourth-order valence-corrected chi connectivity index (χ4v) is 1.30. The quantitative estimate of drug-likeness (QED) is 0.774. The van der Waals surface area contributed by atoms with Gasteiger partial charge in [-0.05, 0) is 6.07 Å². The number of amides is 1. The number of hydrogen-bond acceptors (Lipinski definition) is 3. The number of aromatic nitrogens is 1. The van der Waals surface area contributed by atoms with Crippen molar-refractivity contribution in [3.8, 4) is 0 Å². The minimum absolute atomic E-state index is 0.0904. The van der Waals surface area contributed by atoms with Crippen LogP contribution < -0.4 is 0 Å². The summed E-state index contributed by atoms with van der Waals surface area (Å²) in [6.07, 6.45) is -3.85. The molecular formula is C9H8ClF3N2O2. The molecule has 1 heterocycles. The van der Waals surface area contributed by atoms with Gasteiger partial charge in [0, 0.05) is 13.2 Å². The maximum absolute atomic E-state index is 12.3. The van der Waals surface area contributed by atoms with E-state index in [1.54, 1.807) is 0 Å². The second-order valence-electron chi connectivity index (χ2n) is 3.04. The average molecular weight is 269 g/mol. The van der Waals surface area contributed by atoms with Crippen LogP contribution in [0.5, 0.6) is 0 Å². The highest BCUT2D eigenvalue weighted by Crippen LogP contribution is 2.33. The Morgan fingerprint density at radius 3 is 2.53 bits per heavy atom. The Morgan fingerprint density at radius 2 is 2.12 bits per heavy atom. The van der Waals surface area contributed by atoms with Gasteiger partial charge in [-0.15, -0.1) is 0 Å². The second kappa shape index (κ2) is 4.89. The van der Waals surface area contributed by atoms with Gasteiger partial charge in [0.1, 0.15) is 0 Å². The van der Waals surface area contributed by atoms with E-state index in [-0.39, 0.29) is 5.56 Å². The fourth-order valence-electron chi connectivity index (χ4n) is 1.03. The lowest BCUT2D eigenvalue weighted by Crippen LogP contribution is -2.25. The van der Waals surface area contributed by atoms with Crippen LogP contribution in [0.3, 0.4) is 0 Å². The van der Waals surface area contributed by atoms with Gasteiger partial charge in [-0.2, -0.15) is 13.2 Å². The van der Waals surface area contributed by atoms with E-state index < -0.39 is 22.8 Å². The number of nitrogens with zero attached hydrogens (tertiary/aromatic N) is 2. The number of hydrogen-bond donors (Lipinski definition) is 0. The lowest BCUT2D eigenvalue weighted by atomic mass is 10.2. The maximum Gasteiger partial charge on any atom is 0.434 e. The zero-order valence-corrected chi connectivity index (χ0v) is 9.63. The van der Waals surface area contributed by atoms with Gasteiger partial charge in [0.2, 0.25) is 0 Å². The lowest BCUT2D eigenvalue weighted by molar-refractivity contribution is -0.141. The number of pyridine rings is 1. The van der Waals surface area contributed by atoms with Crippen LogP contribution >= 0.6 is 11.6 Å². The van der Waals surface area contributed by atoms with E-state index in [1.807, 2.05) is 0 Å². The largest absolute Gasteiger partial charge is 0.434 e. The Morgan fingerprint density at radius 1 is 1.53 bits per heavy atom. The highest BCUT2D eigenvalue weighted by molar-refractivity contribution is 6.31. The third-order valence-corrected chi connectivity index (χ3v) is 2.20. The Kier molecular flexibility index (Phi) is 3.94. The molecular weight excluding hydrogens is 261 g/mol. The van der Waals surface area contributed by atoms with E-state index in [1.165, 1.54) is 14.2 Å². The molecule has 1 amide bonds. The van der Waals surface area contributed by atoms with E-state index in [4.69, 9.17) is 11.6 Å². The van der Waals surface area contributed by atoms with Crippen molar-refractivity contribution in [1.82, 2.24) is 10.0 Å². The highest BCUT2D eigenvalue weighted by Gasteiger charge is 2.35. The summed E-state index contributed by atoms with van der Waals surface area (Å²) in [5, 5.41) is 0.216. The molecule has 0 spiro atoms. The Bertz CT molecular complexity index is 437. The number of rotatable bonds is 2. The molecule has 4 nitrogen and oxygen atoms in total. The van der Waals surface area contributed by atoms with Crippen molar-refractivity contribution < 1.29 is 22.8 Å². The number of hydroxylamine groups is 2. The first-order valence-corrected chi connectivity index (χ1v) is 4.70. The molecule has 0 bridgehead atoms. The van der Waals surface area contributed by atoms with Crippen LogP contribution in [0, 0.1) is 0 Å². The van der Waals surface area contributed by atoms with Crippen LogP contribution in [-0.4, -0.2) is 30.1 Å². The SMILES string of the molecule is CON(C)C(=O)c1cnc(C(F)(F)F)c(Cl)c1. The van der Waals surface area contributed by atoms with Crippen molar-refractivity contribution in [3.05, 3.63) is 28.5 Å². The summed E-state index contributed by atoms with van der Waals surface area (Å²) in [6.45, 7) is 0. The van der Waals surface area contributed by atoms with E-state index >= 15 is 0 Å². The van der Waals surface area contributed by atoms with Crippen molar-refractivity contribution in [2.75, 3.05) is 14.2 Å². The molecule has 1 aromatic heterocycles. The molecule has 0 fully saturated rings. The van der Waals surface area contributed by atoms with Gasteiger partial charge in [-0.25, -0.2) is 10.0 Å². The maximum atomic E-state index is 12.3. The number of carbonyl (C=O) groups excluding carboxylic acids is 1. The first-order valence-electron chi connectivity index (χ1n) is 4.32. The molecule has 0 N–H and O–H groups in total. The van der Waals surface area contributed by atoms with Crippen LogP contribution in [0.1, 0.15) is 16.1 Å². The van der Waals surface area contributed by atoms with Gasteiger partial charge in [0.05, 0.1) is 17.7 Å². The zero-order chi connectivity index (χ0) is 13.2. The Hall–Kier alpha value is -1.34. The van der Waals surface area contributed by atoms with Gasteiger partial charge in [-0.3, -0.25) is 9.63 Å². The molecule has 17 heavy (non-hydrogen) atoms. The summed E-state index contributed by atoms with van der Waals surface area (Å²) < 4.78 is 37.0. The van der Waals surface area contributed by atoms with Gasteiger partial charge in [0.25, 0.3) is 5.91 Å². The molecule has 0 atom stereocenters. The smallest absolute Gasteiger partial charge is 0.274 e. The molecule has 1 aromatic rings. The summed E-state index contributed by atoms with van der Waals surface area (Å²) in [4.78, 5) is 19.2. The molecule has 1 rings (SSSR count). The predicted octanol–water partition coefficient (Wildman–Crippen LogP) is 2.39. The zero-order valence-electron chi connectivity index (χ0n) is 8.88. The third kappa shape index (κ3) is 3.07. The van der Waals surface area contributed by atoms with Crippen LogP contribution in [0.15, 0.2) is 12.3 Å². The lowest BCUT2D eigenvalue weighted by Gasteiger charge is -2.14. The molecule has 94 valence electrons. The predicted molar refractivity (Wildman–Crippen MR) is 53.4 cm³/mol. The molecule has 0 radical (unpaired) electrons. The van der Waals surface area contributed by atoms with Crippen LogP contribution in [0.25, 0.3) is 0 Å². The van der Waals surface area contributed by atoms with Crippen molar-refractivity contribution in [1.29, 1.82) is 0 Å². The van der Waals surface area contributed by atoms with Crippen molar-refractivity contribution in [2.45, 2.75) is 6.18 Å². The van der Waals surface area contributed by atoms with Gasteiger partial charge in [-0.1, -0.05) is 11.6 Å². The topological polar surface area (TPSA) is 42.4 Å².